The molecule has 0 aromatic carbocycles. The molecule has 1 heterocycles. The number of carbonyl (C=O) groups is 1. The summed E-state index contributed by atoms with van der Waals surface area (Å²) in [4.78, 5) is 16.3. The zero-order valence-electron chi connectivity index (χ0n) is 12.4. The smallest absolute Gasteiger partial charge is 0.236 e. The van der Waals surface area contributed by atoms with E-state index >= 15 is 0 Å². The lowest BCUT2D eigenvalue weighted by atomic mass is 9.91. The Labute approximate surface area is 125 Å². The number of hydrogen-bond donors (Lipinski definition) is 1. The minimum atomic E-state index is 0.188. The summed E-state index contributed by atoms with van der Waals surface area (Å²) in [5, 5.41) is 4.14. The molecule has 0 bridgehead atoms. The van der Waals surface area contributed by atoms with Crippen LogP contribution in [-0.2, 0) is 11.3 Å². The van der Waals surface area contributed by atoms with Gasteiger partial charge in [-0.2, -0.15) is 11.3 Å². The largest absolute Gasteiger partial charge is 0.340 e. The van der Waals surface area contributed by atoms with Crippen molar-refractivity contribution in [1.29, 1.82) is 0 Å². The summed E-state index contributed by atoms with van der Waals surface area (Å²) in [5.74, 6) is 0.188. The van der Waals surface area contributed by atoms with Gasteiger partial charge in [0.15, 0.2) is 0 Å². The Hall–Kier alpha value is -0.910. The van der Waals surface area contributed by atoms with E-state index in [1.807, 2.05) is 17.3 Å². The van der Waals surface area contributed by atoms with Crippen LogP contribution in [0.5, 0.6) is 0 Å². The van der Waals surface area contributed by atoms with Crippen LogP contribution < -0.4 is 5.73 Å². The minimum absolute atomic E-state index is 0.188. The molecule has 1 amide bonds. The van der Waals surface area contributed by atoms with Crippen molar-refractivity contribution < 1.29 is 4.79 Å². The molecule has 0 aliphatic heterocycles. The van der Waals surface area contributed by atoms with Crippen LogP contribution in [0, 0.1) is 0 Å². The molecule has 0 spiro atoms. The van der Waals surface area contributed by atoms with Crippen molar-refractivity contribution in [3.8, 4) is 0 Å². The molecule has 2 rings (SSSR count). The van der Waals surface area contributed by atoms with Crippen LogP contribution in [0.2, 0.25) is 0 Å². The van der Waals surface area contributed by atoms with Gasteiger partial charge in [0.05, 0.1) is 6.54 Å². The molecule has 2 N–H and O–H groups in total. The van der Waals surface area contributed by atoms with E-state index in [-0.39, 0.29) is 5.91 Å². The highest BCUT2D eigenvalue weighted by atomic mass is 32.1. The van der Waals surface area contributed by atoms with Crippen LogP contribution in [0.1, 0.15) is 31.2 Å². The van der Waals surface area contributed by atoms with E-state index in [0.29, 0.717) is 25.2 Å². The van der Waals surface area contributed by atoms with Crippen LogP contribution in [0.15, 0.2) is 16.8 Å². The quantitative estimate of drug-likeness (QED) is 0.903. The molecule has 112 valence electrons. The van der Waals surface area contributed by atoms with Crippen LogP contribution in [0.4, 0.5) is 0 Å². The monoisotopic (exact) mass is 295 g/mol. The summed E-state index contributed by atoms with van der Waals surface area (Å²) in [7, 11) is 3.93. The first-order valence-electron chi connectivity index (χ1n) is 7.27. The molecular weight excluding hydrogens is 270 g/mol. The third-order valence-corrected chi connectivity index (χ3v) is 4.91. The molecule has 0 saturated heterocycles. The van der Waals surface area contributed by atoms with Crippen molar-refractivity contribution >= 4 is 17.2 Å². The van der Waals surface area contributed by atoms with Crippen molar-refractivity contribution in [2.45, 2.75) is 44.3 Å². The fraction of sp³-hybridized carbons (Fsp3) is 0.667. The fourth-order valence-electron chi connectivity index (χ4n) is 2.75. The summed E-state index contributed by atoms with van der Waals surface area (Å²) in [6.07, 6.45) is 4.38. The average Bonchev–Trinajstić information content (AvgIpc) is 2.92. The van der Waals surface area contributed by atoms with Gasteiger partial charge in [0.1, 0.15) is 0 Å². The number of nitrogens with two attached hydrogens (primary N) is 1. The van der Waals surface area contributed by atoms with Crippen LogP contribution in [0.3, 0.4) is 0 Å². The minimum Gasteiger partial charge on any atom is -0.340 e. The van der Waals surface area contributed by atoms with Gasteiger partial charge in [-0.1, -0.05) is 0 Å². The summed E-state index contributed by atoms with van der Waals surface area (Å²) < 4.78 is 0. The molecule has 0 atom stereocenters. The van der Waals surface area contributed by atoms with Gasteiger partial charge in [-0.25, -0.2) is 0 Å². The summed E-state index contributed by atoms with van der Waals surface area (Å²) >= 11 is 1.67. The Bertz CT molecular complexity index is 413. The second-order valence-electron chi connectivity index (χ2n) is 5.87. The Morgan fingerprint density at radius 1 is 1.35 bits per heavy atom. The lowest BCUT2D eigenvalue weighted by Gasteiger charge is -2.33. The van der Waals surface area contributed by atoms with Gasteiger partial charge in [-0.15, -0.1) is 0 Å². The van der Waals surface area contributed by atoms with Crippen molar-refractivity contribution in [3.05, 3.63) is 22.4 Å². The number of likely N-dealkylation sites (N-methyl/N-ethyl adjacent to an activating group) is 2. The van der Waals surface area contributed by atoms with Crippen molar-refractivity contribution in [2.24, 2.45) is 5.73 Å². The van der Waals surface area contributed by atoms with Gasteiger partial charge in [-0.3, -0.25) is 9.69 Å². The summed E-state index contributed by atoms with van der Waals surface area (Å²) in [6.45, 7) is 1.20. The maximum absolute atomic E-state index is 12.2. The third-order valence-electron chi connectivity index (χ3n) is 4.17. The van der Waals surface area contributed by atoms with Gasteiger partial charge in [0.2, 0.25) is 5.91 Å². The number of thiophene rings is 1. The SMILES string of the molecule is CN(Cc1ccsc1)C(=O)CN(C)C1CCC(N)CC1. The summed E-state index contributed by atoms with van der Waals surface area (Å²) in [5.41, 5.74) is 7.14. The predicted molar refractivity (Wildman–Crippen MR) is 83.7 cm³/mol. The van der Waals surface area contributed by atoms with Gasteiger partial charge in [0.25, 0.3) is 0 Å². The van der Waals surface area contributed by atoms with Crippen LogP contribution in [0.25, 0.3) is 0 Å². The van der Waals surface area contributed by atoms with Crippen LogP contribution >= 0.6 is 11.3 Å². The maximum atomic E-state index is 12.2. The highest BCUT2D eigenvalue weighted by Crippen LogP contribution is 2.21. The van der Waals surface area contributed by atoms with E-state index in [9.17, 15) is 4.79 Å². The van der Waals surface area contributed by atoms with Crippen molar-refractivity contribution in [3.63, 3.8) is 0 Å². The zero-order valence-corrected chi connectivity index (χ0v) is 13.2. The third kappa shape index (κ3) is 4.30. The number of hydrogen-bond acceptors (Lipinski definition) is 4. The second kappa shape index (κ2) is 7.20. The molecule has 1 aromatic heterocycles. The molecular formula is C15H25N3OS. The Kier molecular flexibility index (Phi) is 5.57. The van der Waals surface area contributed by atoms with Gasteiger partial charge < -0.3 is 10.6 Å². The zero-order chi connectivity index (χ0) is 14.5. The topological polar surface area (TPSA) is 49.6 Å². The molecule has 0 unspecified atom stereocenters. The van der Waals surface area contributed by atoms with E-state index in [4.69, 9.17) is 5.73 Å². The van der Waals surface area contributed by atoms with E-state index in [2.05, 4.69) is 23.4 Å². The molecule has 0 radical (unpaired) electrons. The van der Waals surface area contributed by atoms with Gasteiger partial charge >= 0.3 is 0 Å². The first-order chi connectivity index (χ1) is 9.56. The van der Waals surface area contributed by atoms with Crippen molar-refractivity contribution in [2.75, 3.05) is 20.6 Å². The number of amides is 1. The van der Waals surface area contributed by atoms with Crippen LogP contribution in [-0.4, -0.2) is 48.4 Å². The van der Waals surface area contributed by atoms with Gasteiger partial charge in [0, 0.05) is 25.7 Å². The second-order valence-corrected chi connectivity index (χ2v) is 6.65. The predicted octanol–water partition coefficient (Wildman–Crippen LogP) is 1.91. The molecule has 1 saturated carbocycles. The highest BCUT2D eigenvalue weighted by Gasteiger charge is 2.24. The first kappa shape index (κ1) is 15.5. The first-order valence-corrected chi connectivity index (χ1v) is 8.21. The molecule has 1 aliphatic rings. The molecule has 1 fully saturated rings. The number of nitrogens with zero attached hydrogens (tertiary/aromatic N) is 2. The molecule has 4 nitrogen and oxygen atoms in total. The van der Waals surface area contributed by atoms with E-state index < -0.39 is 0 Å². The maximum Gasteiger partial charge on any atom is 0.236 e. The standard InChI is InChI=1S/C15H25N3OS/c1-17(14-5-3-13(16)4-6-14)10-15(19)18(2)9-12-7-8-20-11-12/h7-8,11,13-14H,3-6,9-10,16H2,1-2H3. The van der Waals surface area contributed by atoms with Gasteiger partial charge in [-0.05, 0) is 55.1 Å². The Morgan fingerprint density at radius 2 is 2.05 bits per heavy atom. The highest BCUT2D eigenvalue weighted by molar-refractivity contribution is 7.07. The molecule has 1 aliphatic carbocycles. The normalized spacial score (nSPS) is 23.0. The molecule has 20 heavy (non-hydrogen) atoms. The van der Waals surface area contributed by atoms with E-state index in [1.165, 1.54) is 5.56 Å². The lowest BCUT2D eigenvalue weighted by Crippen LogP contribution is -2.44. The Morgan fingerprint density at radius 3 is 2.65 bits per heavy atom. The lowest BCUT2D eigenvalue weighted by molar-refractivity contribution is -0.132. The van der Waals surface area contributed by atoms with E-state index in [0.717, 1.165) is 25.7 Å². The average molecular weight is 295 g/mol. The Balaban J connectivity index is 1.78. The molecule has 1 aromatic rings. The van der Waals surface area contributed by atoms with E-state index in [1.54, 1.807) is 11.3 Å². The summed E-state index contributed by atoms with van der Waals surface area (Å²) in [6, 6.07) is 2.94. The molecule has 5 heteroatoms. The van der Waals surface area contributed by atoms with Crippen molar-refractivity contribution in [1.82, 2.24) is 9.80 Å². The number of carbonyl (C=O) groups excluding carboxylic acids is 1. The fourth-order valence-corrected chi connectivity index (χ4v) is 3.41. The number of rotatable bonds is 5.